The summed E-state index contributed by atoms with van der Waals surface area (Å²) in [5.74, 6) is 0.394. The van der Waals surface area contributed by atoms with Gasteiger partial charge in [-0.25, -0.2) is 15.0 Å². The van der Waals surface area contributed by atoms with Crippen LogP contribution in [0, 0.1) is 13.8 Å². The summed E-state index contributed by atoms with van der Waals surface area (Å²) in [5, 5.41) is 4.09. The molecule has 37 heavy (non-hydrogen) atoms. The van der Waals surface area contributed by atoms with Crippen molar-refractivity contribution in [3.63, 3.8) is 0 Å². The normalized spacial score (nSPS) is 18.0. The highest BCUT2D eigenvalue weighted by Gasteiger charge is 2.33. The van der Waals surface area contributed by atoms with Gasteiger partial charge in [0.15, 0.2) is 5.65 Å². The third kappa shape index (κ3) is 5.68. The van der Waals surface area contributed by atoms with Crippen LogP contribution in [0.2, 0.25) is 0 Å². The van der Waals surface area contributed by atoms with Crippen LogP contribution < -0.4 is 4.90 Å². The molecule has 5 heterocycles. The van der Waals surface area contributed by atoms with Gasteiger partial charge in [-0.15, -0.1) is 0 Å². The first-order valence-electron chi connectivity index (χ1n) is 12.1. The van der Waals surface area contributed by atoms with Gasteiger partial charge in [-0.2, -0.15) is 23.3 Å². The Hall–Kier alpha value is -3.67. The molecule has 0 bridgehead atoms. The molecule has 9 nitrogen and oxygen atoms in total. The van der Waals surface area contributed by atoms with Crippen molar-refractivity contribution in [3.8, 4) is 11.3 Å². The molecular weight excluding hydrogens is 485 g/mol. The van der Waals surface area contributed by atoms with E-state index >= 15 is 0 Å². The van der Waals surface area contributed by atoms with Gasteiger partial charge < -0.3 is 9.64 Å². The predicted octanol–water partition coefficient (Wildman–Crippen LogP) is 4.56. The zero-order valence-corrected chi connectivity index (χ0v) is 20.8. The number of hydrogen-bond acceptors (Lipinski definition) is 8. The third-order valence-electron chi connectivity index (χ3n) is 6.22. The Morgan fingerprint density at radius 1 is 1.03 bits per heavy atom. The molecule has 6 rings (SSSR count). The second kappa shape index (κ2) is 10.0. The van der Waals surface area contributed by atoms with Gasteiger partial charge in [0, 0.05) is 37.2 Å². The minimum atomic E-state index is -4.56. The number of alkyl halides is 3. The number of ether oxygens (including phenoxy) is 1. The zero-order valence-electron chi connectivity index (χ0n) is 20.8. The lowest BCUT2D eigenvalue weighted by molar-refractivity contribution is -0.141. The average Bonchev–Trinajstić information content (AvgIpc) is 3.58. The van der Waals surface area contributed by atoms with Gasteiger partial charge in [-0.3, -0.25) is 9.67 Å². The van der Waals surface area contributed by atoms with Crippen LogP contribution >= 0.6 is 0 Å². The van der Waals surface area contributed by atoms with E-state index in [0.29, 0.717) is 53.9 Å². The number of halogens is 3. The van der Waals surface area contributed by atoms with Crippen LogP contribution in [0.15, 0.2) is 36.8 Å². The van der Waals surface area contributed by atoms with Crippen molar-refractivity contribution >= 4 is 17.1 Å². The van der Waals surface area contributed by atoms with Crippen molar-refractivity contribution in [2.45, 2.75) is 51.9 Å². The van der Waals surface area contributed by atoms with Gasteiger partial charge in [0.1, 0.15) is 16.9 Å². The van der Waals surface area contributed by atoms with Gasteiger partial charge in [-0.1, -0.05) is 0 Å². The lowest BCUT2D eigenvalue weighted by Gasteiger charge is -2.31. The van der Waals surface area contributed by atoms with Crippen LogP contribution in [-0.4, -0.2) is 60.5 Å². The fourth-order valence-corrected chi connectivity index (χ4v) is 4.01. The van der Waals surface area contributed by atoms with E-state index in [2.05, 4.69) is 30.0 Å². The molecule has 1 aliphatic heterocycles. The van der Waals surface area contributed by atoms with Gasteiger partial charge in [0.2, 0.25) is 5.95 Å². The van der Waals surface area contributed by atoms with Crippen LogP contribution in [0.3, 0.4) is 0 Å². The van der Waals surface area contributed by atoms with E-state index < -0.39 is 11.9 Å². The van der Waals surface area contributed by atoms with Crippen molar-refractivity contribution < 1.29 is 17.9 Å². The number of pyridine rings is 1. The highest BCUT2D eigenvalue weighted by molar-refractivity contribution is 5.88. The summed E-state index contributed by atoms with van der Waals surface area (Å²) in [6, 6.07) is 5.17. The molecule has 1 saturated heterocycles. The van der Waals surface area contributed by atoms with E-state index in [1.54, 1.807) is 6.92 Å². The quantitative estimate of drug-likeness (QED) is 0.394. The first-order valence-corrected chi connectivity index (χ1v) is 12.1. The maximum atomic E-state index is 13.2. The number of anilines is 1. The first-order chi connectivity index (χ1) is 17.7. The molecule has 12 heteroatoms. The summed E-state index contributed by atoms with van der Waals surface area (Å²) < 4.78 is 47.1. The van der Waals surface area contributed by atoms with E-state index in [9.17, 15) is 13.2 Å². The highest BCUT2D eigenvalue weighted by atomic mass is 19.4. The molecule has 1 unspecified atom stereocenters. The lowest BCUT2D eigenvalue weighted by Crippen LogP contribution is -2.42. The smallest absolute Gasteiger partial charge is 0.375 e. The summed E-state index contributed by atoms with van der Waals surface area (Å²) in [5.41, 5.74) is 1.65. The third-order valence-corrected chi connectivity index (χ3v) is 6.22. The molecule has 4 aromatic rings. The molecule has 1 saturated carbocycles. The zero-order chi connectivity index (χ0) is 26.2. The fourth-order valence-electron chi connectivity index (χ4n) is 4.01. The minimum Gasteiger partial charge on any atom is -0.375 e. The topological polar surface area (TPSA) is 94.7 Å². The van der Waals surface area contributed by atoms with E-state index in [-0.39, 0.29) is 11.7 Å². The van der Waals surface area contributed by atoms with Crippen LogP contribution in [0.1, 0.15) is 42.9 Å². The number of fused-ring (bicyclic) bond motifs is 1. The average molecular weight is 513 g/mol. The molecule has 1 atom stereocenters. The fraction of sp³-hybridized carbons (Fsp3) is 0.440. The number of nitrogens with zero attached hydrogens (tertiary/aromatic N) is 8. The van der Waals surface area contributed by atoms with E-state index in [1.165, 1.54) is 18.9 Å². The molecule has 1 aliphatic carbocycles. The van der Waals surface area contributed by atoms with Crippen LogP contribution in [0.25, 0.3) is 22.4 Å². The minimum absolute atomic E-state index is 0.00454. The molecule has 4 aromatic heterocycles. The van der Waals surface area contributed by atoms with E-state index in [0.717, 1.165) is 18.3 Å². The second-order valence-corrected chi connectivity index (χ2v) is 9.21. The summed E-state index contributed by atoms with van der Waals surface area (Å²) in [4.78, 5) is 23.5. The summed E-state index contributed by atoms with van der Waals surface area (Å²) in [6.45, 7) is 7.22. The molecular formula is C25H27F3N8O. The Bertz CT molecular complexity index is 1390. The number of morpholine rings is 1. The molecule has 2 aliphatic rings. The number of hydrogen-bond donors (Lipinski definition) is 0. The summed E-state index contributed by atoms with van der Waals surface area (Å²) in [7, 11) is 0. The van der Waals surface area contributed by atoms with Crippen LogP contribution in [-0.2, 0) is 10.9 Å². The summed E-state index contributed by atoms with van der Waals surface area (Å²) >= 11 is 0. The van der Waals surface area contributed by atoms with Gasteiger partial charge >= 0.3 is 6.18 Å². The van der Waals surface area contributed by atoms with Gasteiger partial charge in [0.25, 0.3) is 0 Å². The molecule has 0 aromatic carbocycles. The van der Waals surface area contributed by atoms with Crippen molar-refractivity contribution in [1.29, 1.82) is 0 Å². The Morgan fingerprint density at radius 3 is 2.49 bits per heavy atom. The maximum Gasteiger partial charge on any atom is 0.433 e. The summed E-state index contributed by atoms with van der Waals surface area (Å²) in [6.07, 6.45) is 3.06. The van der Waals surface area contributed by atoms with Crippen LogP contribution in [0.5, 0.6) is 0 Å². The SMILES string of the molecule is Cc1nc2nc(N3CCOC(C)C3)nc(-c3ccnc(C(F)(F)F)c3)c2nc1C.c1cnn(C2CC2)c1. The van der Waals surface area contributed by atoms with E-state index in [4.69, 9.17) is 4.74 Å². The second-order valence-electron chi connectivity index (χ2n) is 9.21. The van der Waals surface area contributed by atoms with Crippen molar-refractivity contribution in [3.05, 3.63) is 53.9 Å². The Balaban J connectivity index is 0.000000295. The van der Waals surface area contributed by atoms with E-state index in [1.807, 2.05) is 41.9 Å². The predicted molar refractivity (Wildman–Crippen MR) is 131 cm³/mol. The Kier molecular flexibility index (Phi) is 6.76. The van der Waals surface area contributed by atoms with Crippen LogP contribution in [0.4, 0.5) is 19.1 Å². The lowest BCUT2D eigenvalue weighted by atomic mass is 10.1. The Morgan fingerprint density at radius 2 is 1.81 bits per heavy atom. The standard InChI is InChI=1S/C19H19F3N6O.C6H8N2/c1-10-9-28(6-7-29-10)18-26-15(13-4-5-23-14(8-13)19(20,21)22)16-17(27-18)25-12(3)11(2)24-16;1-4-7-8(5-1)6-2-3-6/h4-5,8,10H,6-7,9H2,1-3H3;1,4-6H,2-3H2. The highest BCUT2D eigenvalue weighted by Crippen LogP contribution is 2.34. The first kappa shape index (κ1) is 25.0. The Labute approximate surface area is 211 Å². The van der Waals surface area contributed by atoms with Crippen molar-refractivity contribution in [2.75, 3.05) is 24.6 Å². The molecule has 0 N–H and O–H groups in total. The molecule has 0 spiro atoms. The number of aryl methyl sites for hydroxylation is 2. The maximum absolute atomic E-state index is 13.2. The molecule has 0 amide bonds. The van der Waals surface area contributed by atoms with Gasteiger partial charge in [-0.05, 0) is 51.8 Å². The molecule has 2 fully saturated rings. The van der Waals surface area contributed by atoms with Crippen molar-refractivity contribution in [2.24, 2.45) is 0 Å². The number of rotatable bonds is 3. The van der Waals surface area contributed by atoms with Crippen molar-refractivity contribution in [1.82, 2.24) is 34.7 Å². The number of aromatic nitrogens is 7. The molecule has 194 valence electrons. The monoisotopic (exact) mass is 512 g/mol. The van der Waals surface area contributed by atoms with Gasteiger partial charge in [0.05, 0.1) is 30.1 Å². The largest absolute Gasteiger partial charge is 0.433 e. The molecule has 0 radical (unpaired) electrons.